The van der Waals surface area contributed by atoms with Crippen molar-refractivity contribution in [2.75, 3.05) is 7.05 Å². The first-order chi connectivity index (χ1) is 9.54. The molecule has 0 fully saturated rings. The standard InChI is InChI=1S/C16H20N2O2/c1-10(17)13-9-8-12-6-4-5-7-14(12)15(13)20-11(2)16(19)18-3/h4-11H,17H2,1-3H3,(H,18,19). The van der Waals surface area contributed by atoms with Gasteiger partial charge in [-0.1, -0.05) is 36.4 Å². The molecule has 0 radical (unpaired) electrons. The molecule has 0 aromatic heterocycles. The second-order valence-electron chi connectivity index (χ2n) is 4.87. The Morgan fingerprint density at radius 2 is 1.90 bits per heavy atom. The number of carbonyl (C=O) groups excluding carboxylic acids is 1. The number of hydrogen-bond donors (Lipinski definition) is 2. The molecule has 0 spiro atoms. The maximum atomic E-state index is 11.7. The zero-order chi connectivity index (χ0) is 14.7. The maximum Gasteiger partial charge on any atom is 0.260 e. The zero-order valence-electron chi connectivity index (χ0n) is 12.0. The summed E-state index contributed by atoms with van der Waals surface area (Å²) in [5, 5.41) is 4.62. The Balaban J connectivity index is 2.52. The van der Waals surface area contributed by atoms with Crippen molar-refractivity contribution in [2.24, 2.45) is 5.73 Å². The van der Waals surface area contributed by atoms with Gasteiger partial charge in [-0.15, -0.1) is 0 Å². The largest absolute Gasteiger partial charge is 0.480 e. The number of benzene rings is 2. The number of likely N-dealkylation sites (N-methyl/N-ethyl adjacent to an activating group) is 1. The summed E-state index contributed by atoms with van der Waals surface area (Å²) >= 11 is 0. The number of rotatable bonds is 4. The molecule has 2 atom stereocenters. The van der Waals surface area contributed by atoms with Crippen LogP contribution in [-0.4, -0.2) is 19.1 Å². The van der Waals surface area contributed by atoms with Crippen LogP contribution in [0.25, 0.3) is 10.8 Å². The lowest BCUT2D eigenvalue weighted by Gasteiger charge is -2.20. The molecule has 4 heteroatoms. The fourth-order valence-corrected chi connectivity index (χ4v) is 2.18. The topological polar surface area (TPSA) is 64.3 Å². The van der Waals surface area contributed by atoms with Crippen molar-refractivity contribution in [3.8, 4) is 5.75 Å². The van der Waals surface area contributed by atoms with Crippen LogP contribution >= 0.6 is 0 Å². The molecule has 0 bridgehead atoms. The van der Waals surface area contributed by atoms with Crippen molar-refractivity contribution in [1.29, 1.82) is 0 Å². The lowest BCUT2D eigenvalue weighted by Crippen LogP contribution is -2.34. The monoisotopic (exact) mass is 272 g/mol. The van der Waals surface area contributed by atoms with E-state index in [-0.39, 0.29) is 11.9 Å². The molecule has 2 aromatic carbocycles. The molecule has 2 rings (SSSR count). The minimum absolute atomic E-state index is 0.159. The number of ether oxygens (including phenoxy) is 1. The first kappa shape index (κ1) is 14.3. The number of fused-ring (bicyclic) bond motifs is 1. The second-order valence-corrected chi connectivity index (χ2v) is 4.87. The summed E-state index contributed by atoms with van der Waals surface area (Å²) in [4.78, 5) is 11.7. The normalized spacial score (nSPS) is 13.8. The first-order valence-electron chi connectivity index (χ1n) is 6.70. The van der Waals surface area contributed by atoms with Crippen LogP contribution in [-0.2, 0) is 4.79 Å². The fourth-order valence-electron chi connectivity index (χ4n) is 2.18. The van der Waals surface area contributed by atoms with Gasteiger partial charge in [0.15, 0.2) is 6.10 Å². The average Bonchev–Trinajstić information content (AvgIpc) is 2.46. The zero-order valence-corrected chi connectivity index (χ0v) is 12.0. The Labute approximate surface area is 118 Å². The van der Waals surface area contributed by atoms with Gasteiger partial charge in [0, 0.05) is 24.0 Å². The number of nitrogens with two attached hydrogens (primary N) is 1. The van der Waals surface area contributed by atoms with Crippen molar-refractivity contribution < 1.29 is 9.53 Å². The third-order valence-electron chi connectivity index (χ3n) is 3.31. The summed E-state index contributed by atoms with van der Waals surface area (Å²) in [6.45, 7) is 3.63. The van der Waals surface area contributed by atoms with Crippen molar-refractivity contribution >= 4 is 16.7 Å². The van der Waals surface area contributed by atoms with E-state index in [2.05, 4.69) is 5.32 Å². The SMILES string of the molecule is CNC(=O)C(C)Oc1c(C(C)N)ccc2ccccc12. The van der Waals surface area contributed by atoms with E-state index in [1.807, 2.05) is 43.3 Å². The van der Waals surface area contributed by atoms with Gasteiger partial charge in [0.05, 0.1) is 0 Å². The molecule has 0 aliphatic carbocycles. The van der Waals surface area contributed by atoms with E-state index in [9.17, 15) is 4.79 Å². The molecule has 106 valence electrons. The summed E-state index contributed by atoms with van der Waals surface area (Å²) < 4.78 is 5.88. The van der Waals surface area contributed by atoms with Gasteiger partial charge in [-0.2, -0.15) is 0 Å². The molecule has 0 aliphatic rings. The first-order valence-corrected chi connectivity index (χ1v) is 6.70. The van der Waals surface area contributed by atoms with Crippen LogP contribution in [0.4, 0.5) is 0 Å². The average molecular weight is 272 g/mol. The van der Waals surface area contributed by atoms with Gasteiger partial charge in [-0.25, -0.2) is 0 Å². The predicted molar refractivity (Wildman–Crippen MR) is 80.7 cm³/mol. The van der Waals surface area contributed by atoms with Gasteiger partial charge in [-0.3, -0.25) is 4.79 Å². The molecule has 0 aliphatic heterocycles. The minimum Gasteiger partial charge on any atom is -0.480 e. The fraction of sp³-hybridized carbons (Fsp3) is 0.312. The van der Waals surface area contributed by atoms with E-state index in [4.69, 9.17) is 10.5 Å². The smallest absolute Gasteiger partial charge is 0.260 e. The van der Waals surface area contributed by atoms with Crippen molar-refractivity contribution in [3.63, 3.8) is 0 Å². The molecule has 0 heterocycles. The Kier molecular flexibility index (Phi) is 4.25. The van der Waals surface area contributed by atoms with Crippen molar-refractivity contribution in [1.82, 2.24) is 5.32 Å². The van der Waals surface area contributed by atoms with Gasteiger partial charge in [-0.05, 0) is 19.2 Å². The van der Waals surface area contributed by atoms with E-state index in [0.717, 1.165) is 16.3 Å². The minimum atomic E-state index is -0.566. The number of carbonyl (C=O) groups is 1. The molecule has 2 unspecified atom stereocenters. The summed E-state index contributed by atoms with van der Waals surface area (Å²) in [6, 6.07) is 11.7. The Morgan fingerprint density at radius 1 is 1.20 bits per heavy atom. The number of amides is 1. The van der Waals surface area contributed by atoms with Gasteiger partial charge < -0.3 is 15.8 Å². The third-order valence-corrected chi connectivity index (χ3v) is 3.31. The van der Waals surface area contributed by atoms with Crippen LogP contribution in [0.3, 0.4) is 0 Å². The van der Waals surface area contributed by atoms with E-state index in [0.29, 0.717) is 5.75 Å². The third kappa shape index (κ3) is 2.75. The molecule has 2 aromatic rings. The molecule has 3 N–H and O–H groups in total. The highest BCUT2D eigenvalue weighted by Gasteiger charge is 2.18. The van der Waals surface area contributed by atoms with Gasteiger partial charge in [0.2, 0.25) is 0 Å². The quantitative estimate of drug-likeness (QED) is 0.898. The number of hydrogen-bond acceptors (Lipinski definition) is 3. The van der Waals surface area contributed by atoms with Gasteiger partial charge in [0.25, 0.3) is 5.91 Å². The Bertz CT molecular complexity index is 623. The van der Waals surface area contributed by atoms with Gasteiger partial charge in [0.1, 0.15) is 5.75 Å². The molecular formula is C16H20N2O2. The predicted octanol–water partition coefficient (Wildman–Crippen LogP) is 2.37. The highest BCUT2D eigenvalue weighted by Crippen LogP contribution is 2.33. The highest BCUT2D eigenvalue weighted by molar-refractivity contribution is 5.90. The van der Waals surface area contributed by atoms with Crippen molar-refractivity contribution in [2.45, 2.75) is 26.0 Å². The van der Waals surface area contributed by atoms with Crippen LogP contribution in [0.5, 0.6) is 5.75 Å². The van der Waals surface area contributed by atoms with Crippen molar-refractivity contribution in [3.05, 3.63) is 42.0 Å². The van der Waals surface area contributed by atoms with Gasteiger partial charge >= 0.3 is 0 Å². The van der Waals surface area contributed by atoms with E-state index < -0.39 is 6.10 Å². The Hall–Kier alpha value is -2.07. The molecule has 20 heavy (non-hydrogen) atoms. The van der Waals surface area contributed by atoms with Crippen LogP contribution in [0.2, 0.25) is 0 Å². The van der Waals surface area contributed by atoms with Crippen LogP contribution in [0, 0.1) is 0 Å². The van der Waals surface area contributed by atoms with Crippen LogP contribution in [0.15, 0.2) is 36.4 Å². The second kappa shape index (κ2) is 5.92. The maximum absolute atomic E-state index is 11.7. The molecular weight excluding hydrogens is 252 g/mol. The number of nitrogens with one attached hydrogen (secondary N) is 1. The molecule has 1 amide bonds. The van der Waals surface area contributed by atoms with E-state index in [1.54, 1.807) is 14.0 Å². The molecule has 4 nitrogen and oxygen atoms in total. The molecule has 0 saturated carbocycles. The van der Waals surface area contributed by atoms with E-state index >= 15 is 0 Å². The summed E-state index contributed by atoms with van der Waals surface area (Å²) in [6.07, 6.45) is -0.566. The Morgan fingerprint density at radius 3 is 2.55 bits per heavy atom. The lowest BCUT2D eigenvalue weighted by atomic mass is 10.0. The van der Waals surface area contributed by atoms with Crippen LogP contribution in [0.1, 0.15) is 25.5 Å². The summed E-state index contributed by atoms with van der Waals surface area (Å²) in [7, 11) is 1.60. The molecule has 0 saturated heterocycles. The lowest BCUT2D eigenvalue weighted by molar-refractivity contribution is -0.126. The van der Waals surface area contributed by atoms with Crippen LogP contribution < -0.4 is 15.8 Å². The summed E-state index contributed by atoms with van der Waals surface area (Å²) in [5.74, 6) is 0.530. The highest BCUT2D eigenvalue weighted by atomic mass is 16.5. The van der Waals surface area contributed by atoms with E-state index in [1.165, 1.54) is 0 Å². The summed E-state index contributed by atoms with van der Waals surface area (Å²) in [5.41, 5.74) is 6.91.